The lowest BCUT2D eigenvalue weighted by atomic mass is 9.99. The third-order valence-corrected chi connectivity index (χ3v) is 4.34. The first-order valence-electron chi connectivity index (χ1n) is 4.53. The average Bonchev–Trinajstić information content (AvgIpc) is 2.81. The van der Waals surface area contributed by atoms with Crippen LogP contribution in [0, 0.1) is 5.92 Å². The summed E-state index contributed by atoms with van der Waals surface area (Å²) in [5.74, 6) is 2.22. The van der Waals surface area contributed by atoms with Crippen LogP contribution >= 0.6 is 24.4 Å². The Balaban J connectivity index is 2.03. The summed E-state index contributed by atoms with van der Waals surface area (Å²) in [5, 5.41) is 1.63. The highest BCUT2D eigenvalue weighted by Gasteiger charge is 2.23. The van der Waals surface area contributed by atoms with Crippen LogP contribution in [-0.2, 0) is 0 Å². The van der Waals surface area contributed by atoms with Crippen molar-refractivity contribution in [1.82, 2.24) is 0 Å². The fourth-order valence-corrected chi connectivity index (χ4v) is 2.03. The molecule has 0 amide bonds. The Hall–Kier alpha value is 0.700. The lowest BCUT2D eigenvalue weighted by Gasteiger charge is -2.16. The van der Waals surface area contributed by atoms with Gasteiger partial charge in [-0.05, 0) is 25.2 Å². The van der Waals surface area contributed by atoms with E-state index in [4.69, 9.17) is 0 Å². The number of rotatable bonds is 5. The summed E-state index contributed by atoms with van der Waals surface area (Å²) in [6, 6.07) is 0. The van der Waals surface area contributed by atoms with Crippen molar-refractivity contribution in [3.63, 3.8) is 0 Å². The minimum atomic E-state index is 0.624. The standard InChI is InChI=1S/C9H18S2/c1-3-9(10)7(2)4-5-8-6-11-8/h7-10H,3-6H2,1-2H3. The highest BCUT2D eigenvalue weighted by molar-refractivity contribution is 8.06. The molecule has 3 atom stereocenters. The summed E-state index contributed by atoms with van der Waals surface area (Å²) in [6.45, 7) is 4.55. The summed E-state index contributed by atoms with van der Waals surface area (Å²) in [5.41, 5.74) is 0. The predicted octanol–water partition coefficient (Wildman–Crippen LogP) is 3.23. The second-order valence-corrected chi connectivity index (χ2v) is 5.48. The highest BCUT2D eigenvalue weighted by Crippen LogP contribution is 2.35. The quantitative estimate of drug-likeness (QED) is 0.513. The molecular formula is C9H18S2. The SMILES string of the molecule is CCC(S)C(C)CCC1CS1. The van der Waals surface area contributed by atoms with Gasteiger partial charge in [0.1, 0.15) is 0 Å². The van der Waals surface area contributed by atoms with E-state index in [-0.39, 0.29) is 0 Å². The molecule has 0 nitrogen and oxygen atoms in total. The minimum absolute atomic E-state index is 0.624. The third kappa shape index (κ3) is 3.75. The van der Waals surface area contributed by atoms with Gasteiger partial charge in [0.15, 0.2) is 0 Å². The molecule has 11 heavy (non-hydrogen) atoms. The maximum Gasteiger partial charge on any atom is 0.0138 e. The van der Waals surface area contributed by atoms with Crippen molar-refractivity contribution >= 4 is 24.4 Å². The van der Waals surface area contributed by atoms with Gasteiger partial charge in [0.2, 0.25) is 0 Å². The zero-order chi connectivity index (χ0) is 8.27. The Morgan fingerprint density at radius 3 is 2.73 bits per heavy atom. The highest BCUT2D eigenvalue weighted by atomic mass is 32.2. The van der Waals surface area contributed by atoms with E-state index in [9.17, 15) is 0 Å². The number of hydrogen-bond acceptors (Lipinski definition) is 2. The first-order chi connectivity index (χ1) is 5.24. The van der Waals surface area contributed by atoms with Crippen molar-refractivity contribution in [3.05, 3.63) is 0 Å². The summed E-state index contributed by atoms with van der Waals surface area (Å²) >= 11 is 6.65. The third-order valence-electron chi connectivity index (χ3n) is 2.42. The topological polar surface area (TPSA) is 0 Å². The van der Waals surface area contributed by atoms with Crippen LogP contribution < -0.4 is 0 Å². The van der Waals surface area contributed by atoms with E-state index < -0.39 is 0 Å². The summed E-state index contributed by atoms with van der Waals surface area (Å²) in [6.07, 6.45) is 4.00. The molecule has 2 heteroatoms. The van der Waals surface area contributed by atoms with Crippen LogP contribution in [0.2, 0.25) is 0 Å². The second kappa shape index (κ2) is 4.66. The largest absolute Gasteiger partial charge is 0.176 e. The number of thioether (sulfide) groups is 1. The zero-order valence-electron chi connectivity index (χ0n) is 7.42. The molecule has 1 aliphatic rings. The van der Waals surface area contributed by atoms with Gasteiger partial charge in [-0.2, -0.15) is 24.4 Å². The molecule has 0 aromatic carbocycles. The smallest absolute Gasteiger partial charge is 0.0138 e. The average molecular weight is 190 g/mol. The monoisotopic (exact) mass is 190 g/mol. The van der Waals surface area contributed by atoms with Crippen molar-refractivity contribution in [2.75, 3.05) is 5.75 Å². The fraction of sp³-hybridized carbons (Fsp3) is 1.00. The van der Waals surface area contributed by atoms with E-state index in [0.29, 0.717) is 5.25 Å². The van der Waals surface area contributed by atoms with Crippen LogP contribution in [0.25, 0.3) is 0 Å². The maximum absolute atomic E-state index is 4.54. The van der Waals surface area contributed by atoms with Gasteiger partial charge in [0.25, 0.3) is 0 Å². The van der Waals surface area contributed by atoms with Crippen LogP contribution in [0.5, 0.6) is 0 Å². The van der Waals surface area contributed by atoms with Crippen LogP contribution in [0.4, 0.5) is 0 Å². The van der Waals surface area contributed by atoms with Gasteiger partial charge in [0.05, 0.1) is 0 Å². The maximum atomic E-state index is 4.54. The zero-order valence-corrected chi connectivity index (χ0v) is 9.13. The first kappa shape index (κ1) is 9.79. The molecule has 0 saturated carbocycles. The van der Waals surface area contributed by atoms with Gasteiger partial charge in [-0.25, -0.2) is 0 Å². The molecular weight excluding hydrogens is 172 g/mol. The van der Waals surface area contributed by atoms with E-state index in [1.54, 1.807) is 0 Å². The minimum Gasteiger partial charge on any atom is -0.176 e. The molecule has 3 unspecified atom stereocenters. The molecule has 1 rings (SSSR count). The molecule has 1 saturated heterocycles. The van der Waals surface area contributed by atoms with Gasteiger partial charge < -0.3 is 0 Å². The molecule has 0 aromatic rings. The van der Waals surface area contributed by atoms with Gasteiger partial charge in [-0.15, -0.1) is 0 Å². The molecule has 1 fully saturated rings. The molecule has 0 bridgehead atoms. The van der Waals surface area contributed by atoms with Crippen LogP contribution in [0.3, 0.4) is 0 Å². The Morgan fingerprint density at radius 2 is 2.27 bits per heavy atom. The molecule has 0 radical (unpaired) electrons. The lowest BCUT2D eigenvalue weighted by Crippen LogP contribution is -2.10. The fourth-order valence-electron chi connectivity index (χ4n) is 1.28. The molecule has 0 N–H and O–H groups in total. The first-order valence-corrected chi connectivity index (χ1v) is 6.10. The molecule has 66 valence electrons. The van der Waals surface area contributed by atoms with Crippen molar-refractivity contribution in [3.8, 4) is 0 Å². The van der Waals surface area contributed by atoms with Crippen LogP contribution in [-0.4, -0.2) is 16.3 Å². The number of hydrogen-bond donors (Lipinski definition) is 1. The van der Waals surface area contributed by atoms with E-state index in [1.807, 2.05) is 0 Å². The van der Waals surface area contributed by atoms with Crippen molar-refractivity contribution in [2.24, 2.45) is 5.92 Å². The second-order valence-electron chi connectivity index (χ2n) is 3.49. The molecule has 1 aliphatic heterocycles. The van der Waals surface area contributed by atoms with Gasteiger partial charge >= 0.3 is 0 Å². The lowest BCUT2D eigenvalue weighted by molar-refractivity contribution is 0.489. The summed E-state index contributed by atoms with van der Waals surface area (Å²) in [4.78, 5) is 0. The van der Waals surface area contributed by atoms with E-state index in [0.717, 1.165) is 11.2 Å². The molecule has 0 aliphatic carbocycles. The summed E-state index contributed by atoms with van der Waals surface area (Å²) in [7, 11) is 0. The van der Waals surface area contributed by atoms with E-state index in [2.05, 4.69) is 38.2 Å². The van der Waals surface area contributed by atoms with Crippen LogP contribution in [0.1, 0.15) is 33.1 Å². The van der Waals surface area contributed by atoms with Gasteiger partial charge in [-0.1, -0.05) is 13.8 Å². The van der Waals surface area contributed by atoms with Crippen molar-refractivity contribution in [2.45, 2.75) is 43.6 Å². The van der Waals surface area contributed by atoms with E-state index in [1.165, 1.54) is 25.0 Å². The number of thiol groups is 1. The van der Waals surface area contributed by atoms with Gasteiger partial charge in [-0.3, -0.25) is 0 Å². The Labute approximate surface area is 79.9 Å². The van der Waals surface area contributed by atoms with Crippen molar-refractivity contribution < 1.29 is 0 Å². The van der Waals surface area contributed by atoms with Crippen molar-refractivity contribution in [1.29, 1.82) is 0 Å². The van der Waals surface area contributed by atoms with E-state index >= 15 is 0 Å². The molecule has 1 heterocycles. The van der Waals surface area contributed by atoms with Crippen LogP contribution in [0.15, 0.2) is 0 Å². The Bertz CT molecular complexity index is 110. The Kier molecular flexibility index (Phi) is 4.14. The molecule has 0 spiro atoms. The van der Waals surface area contributed by atoms with Gasteiger partial charge in [0, 0.05) is 16.3 Å². The normalized spacial score (nSPS) is 28.1. The molecule has 0 aromatic heterocycles. The summed E-state index contributed by atoms with van der Waals surface area (Å²) < 4.78 is 0. The Morgan fingerprint density at radius 1 is 1.64 bits per heavy atom. The predicted molar refractivity (Wildman–Crippen MR) is 57.7 cm³/mol.